The Labute approximate surface area is 198 Å². The summed E-state index contributed by atoms with van der Waals surface area (Å²) in [5.41, 5.74) is 1.70. The molecule has 1 fully saturated rings. The molecule has 0 radical (unpaired) electrons. The summed E-state index contributed by atoms with van der Waals surface area (Å²) in [6.45, 7) is 0. The summed E-state index contributed by atoms with van der Waals surface area (Å²) in [7, 11) is 2.97. The Morgan fingerprint density at radius 2 is 1.88 bits per heavy atom. The van der Waals surface area contributed by atoms with Crippen LogP contribution >= 0.6 is 35.0 Å². The van der Waals surface area contributed by atoms with Crippen molar-refractivity contribution in [3.63, 3.8) is 0 Å². The molecule has 2 aromatic carbocycles. The molecule has 0 saturated carbocycles. The number of likely N-dealkylation sites (N-methyl/N-ethyl adjacent to an activating group) is 1. The van der Waals surface area contributed by atoms with Gasteiger partial charge in [-0.15, -0.1) is 0 Å². The molecule has 1 saturated heterocycles. The van der Waals surface area contributed by atoms with E-state index in [1.165, 1.54) is 23.8 Å². The van der Waals surface area contributed by atoms with E-state index in [9.17, 15) is 9.59 Å². The number of amidine groups is 1. The van der Waals surface area contributed by atoms with Gasteiger partial charge in [-0.1, -0.05) is 23.2 Å². The highest BCUT2D eigenvalue weighted by Gasteiger charge is 2.30. The normalized spacial score (nSPS) is 16.2. The average Bonchev–Trinajstić information content (AvgIpc) is 3.36. The summed E-state index contributed by atoms with van der Waals surface area (Å²) >= 11 is 13.5. The third kappa shape index (κ3) is 4.60. The Hall–Kier alpha value is -3.00. The van der Waals surface area contributed by atoms with Gasteiger partial charge in [0.05, 0.1) is 28.3 Å². The van der Waals surface area contributed by atoms with Gasteiger partial charge in [0.15, 0.2) is 5.17 Å². The van der Waals surface area contributed by atoms with Gasteiger partial charge in [0.25, 0.3) is 5.91 Å². The monoisotopic (exact) mass is 486 g/mol. The molecule has 1 aliphatic heterocycles. The number of aliphatic imine (C=N–C) groups is 1. The van der Waals surface area contributed by atoms with Crippen LogP contribution in [0.25, 0.3) is 17.4 Å². The molecule has 0 spiro atoms. The first kappa shape index (κ1) is 22.2. The summed E-state index contributed by atoms with van der Waals surface area (Å²) in [5, 5.41) is 1.57. The van der Waals surface area contributed by atoms with Crippen LogP contribution in [0.4, 0.5) is 5.69 Å². The highest BCUT2D eigenvalue weighted by Crippen LogP contribution is 2.36. The number of nitrogens with zero attached hydrogens (tertiary/aromatic N) is 2. The quantitative estimate of drug-likeness (QED) is 0.320. The molecular formula is C23H16Cl2N2O4S. The molecule has 6 nitrogen and oxygen atoms in total. The lowest BCUT2D eigenvalue weighted by Crippen LogP contribution is -2.23. The van der Waals surface area contributed by atoms with Crippen molar-refractivity contribution >= 4 is 63.8 Å². The second kappa shape index (κ2) is 9.24. The number of rotatable bonds is 4. The van der Waals surface area contributed by atoms with E-state index in [4.69, 9.17) is 32.4 Å². The van der Waals surface area contributed by atoms with E-state index in [1.807, 2.05) is 0 Å². The van der Waals surface area contributed by atoms with Crippen molar-refractivity contribution in [2.45, 2.75) is 0 Å². The maximum atomic E-state index is 12.7. The van der Waals surface area contributed by atoms with Gasteiger partial charge in [-0.05, 0) is 66.4 Å². The SMILES string of the molecule is COC(=O)c1ccc(N=C2S/C(=C/c3ccc(-c4cc(Cl)ccc4Cl)o3)C(=O)N2C)cc1. The number of benzene rings is 2. The fourth-order valence-corrected chi connectivity index (χ4v) is 4.29. The fourth-order valence-electron chi connectivity index (χ4n) is 2.94. The van der Waals surface area contributed by atoms with Crippen molar-refractivity contribution in [3.05, 3.63) is 80.9 Å². The zero-order valence-electron chi connectivity index (χ0n) is 17.0. The van der Waals surface area contributed by atoms with Crippen molar-refractivity contribution in [2.75, 3.05) is 14.2 Å². The average molecular weight is 487 g/mol. The van der Waals surface area contributed by atoms with Gasteiger partial charge in [-0.2, -0.15) is 0 Å². The Kier molecular flexibility index (Phi) is 6.41. The summed E-state index contributed by atoms with van der Waals surface area (Å²) < 4.78 is 10.6. The van der Waals surface area contributed by atoms with Crippen LogP contribution in [0.1, 0.15) is 16.1 Å². The maximum absolute atomic E-state index is 12.7. The predicted octanol–water partition coefficient (Wildman–Crippen LogP) is 6.27. The number of amides is 1. The lowest BCUT2D eigenvalue weighted by molar-refractivity contribution is -0.121. The number of hydrogen-bond acceptors (Lipinski definition) is 6. The topological polar surface area (TPSA) is 72.1 Å². The second-order valence-electron chi connectivity index (χ2n) is 6.73. The van der Waals surface area contributed by atoms with Crippen LogP contribution in [0.15, 0.2) is 68.9 Å². The minimum atomic E-state index is -0.422. The maximum Gasteiger partial charge on any atom is 0.337 e. The molecule has 1 amide bonds. The largest absolute Gasteiger partial charge is 0.465 e. The van der Waals surface area contributed by atoms with Gasteiger partial charge in [-0.25, -0.2) is 9.79 Å². The summed E-state index contributed by atoms with van der Waals surface area (Å²) in [6, 6.07) is 15.3. The Morgan fingerprint density at radius 1 is 1.12 bits per heavy atom. The van der Waals surface area contributed by atoms with Gasteiger partial charge in [0, 0.05) is 23.7 Å². The van der Waals surface area contributed by atoms with Crippen molar-refractivity contribution in [3.8, 4) is 11.3 Å². The zero-order chi connectivity index (χ0) is 22.8. The number of hydrogen-bond donors (Lipinski definition) is 0. The predicted molar refractivity (Wildman–Crippen MR) is 127 cm³/mol. The number of methoxy groups -OCH3 is 1. The number of carbonyl (C=O) groups is 2. The molecule has 32 heavy (non-hydrogen) atoms. The number of furan rings is 1. The molecule has 0 bridgehead atoms. The van der Waals surface area contributed by atoms with E-state index >= 15 is 0 Å². The molecule has 0 aliphatic carbocycles. The number of halogens is 2. The van der Waals surface area contributed by atoms with Crippen LogP contribution in [0, 0.1) is 0 Å². The molecule has 0 N–H and O–H groups in total. The van der Waals surface area contributed by atoms with Crippen molar-refractivity contribution in [2.24, 2.45) is 4.99 Å². The third-order valence-electron chi connectivity index (χ3n) is 4.61. The highest BCUT2D eigenvalue weighted by molar-refractivity contribution is 8.18. The molecule has 1 aromatic heterocycles. The number of ether oxygens (including phenoxy) is 1. The molecule has 9 heteroatoms. The van der Waals surface area contributed by atoms with E-state index in [-0.39, 0.29) is 5.91 Å². The number of carbonyl (C=O) groups excluding carboxylic acids is 2. The molecule has 2 heterocycles. The Bertz CT molecular complexity index is 1270. The van der Waals surface area contributed by atoms with Gasteiger partial charge in [-0.3, -0.25) is 9.69 Å². The van der Waals surface area contributed by atoms with E-state index in [2.05, 4.69) is 4.99 Å². The molecule has 0 atom stereocenters. The first-order valence-corrected chi connectivity index (χ1v) is 10.9. The smallest absolute Gasteiger partial charge is 0.337 e. The molecule has 162 valence electrons. The first-order chi connectivity index (χ1) is 15.4. The molecule has 1 aliphatic rings. The summed E-state index contributed by atoms with van der Waals surface area (Å²) in [6.07, 6.45) is 1.66. The lowest BCUT2D eigenvalue weighted by Gasteiger charge is -2.07. The third-order valence-corrected chi connectivity index (χ3v) is 6.24. The minimum Gasteiger partial charge on any atom is -0.465 e. The summed E-state index contributed by atoms with van der Waals surface area (Å²) in [5.74, 6) is 0.434. The lowest BCUT2D eigenvalue weighted by atomic mass is 10.2. The van der Waals surface area contributed by atoms with E-state index < -0.39 is 5.97 Å². The molecule has 0 unspecified atom stereocenters. The van der Waals surface area contributed by atoms with Crippen LogP contribution in [0.5, 0.6) is 0 Å². The fraction of sp³-hybridized carbons (Fsp3) is 0.0870. The van der Waals surface area contributed by atoms with Gasteiger partial charge in [0.1, 0.15) is 11.5 Å². The van der Waals surface area contributed by atoms with Crippen molar-refractivity contribution in [1.29, 1.82) is 0 Å². The van der Waals surface area contributed by atoms with Gasteiger partial charge in [0.2, 0.25) is 0 Å². The Morgan fingerprint density at radius 3 is 2.59 bits per heavy atom. The minimum absolute atomic E-state index is 0.196. The van der Waals surface area contributed by atoms with Crippen LogP contribution in [0.2, 0.25) is 10.0 Å². The number of thioether (sulfide) groups is 1. The standard InChI is InChI=1S/C23H16Cl2N2O4S/c1-27-21(28)20(32-23(27)26-15-6-3-13(4-7-15)22(29)30-2)12-16-8-10-19(31-16)17-11-14(24)5-9-18(17)25/h3-12H,1-2H3/b20-12+,26-23?. The van der Waals surface area contributed by atoms with Crippen LogP contribution in [0.3, 0.4) is 0 Å². The van der Waals surface area contributed by atoms with Crippen LogP contribution in [-0.4, -0.2) is 36.1 Å². The van der Waals surface area contributed by atoms with Crippen LogP contribution < -0.4 is 0 Å². The van der Waals surface area contributed by atoms with E-state index in [0.29, 0.717) is 48.5 Å². The van der Waals surface area contributed by atoms with Gasteiger partial charge < -0.3 is 9.15 Å². The van der Waals surface area contributed by atoms with E-state index in [0.717, 1.165) is 0 Å². The first-order valence-electron chi connectivity index (χ1n) is 9.35. The van der Waals surface area contributed by atoms with E-state index in [1.54, 1.807) is 67.7 Å². The Balaban J connectivity index is 1.56. The highest BCUT2D eigenvalue weighted by atomic mass is 35.5. The van der Waals surface area contributed by atoms with Crippen molar-refractivity contribution < 1.29 is 18.7 Å². The van der Waals surface area contributed by atoms with Gasteiger partial charge >= 0.3 is 5.97 Å². The van der Waals surface area contributed by atoms with Crippen molar-refractivity contribution in [1.82, 2.24) is 4.90 Å². The number of esters is 1. The molecule has 4 rings (SSSR count). The molecule has 3 aromatic rings. The molecular weight excluding hydrogens is 471 g/mol. The zero-order valence-corrected chi connectivity index (χ0v) is 19.3. The summed E-state index contributed by atoms with van der Waals surface area (Å²) in [4.78, 5) is 30.7. The second-order valence-corrected chi connectivity index (χ2v) is 8.59. The van der Waals surface area contributed by atoms with Crippen LogP contribution in [-0.2, 0) is 9.53 Å².